The second-order valence-electron chi connectivity index (χ2n) is 6.88. The van der Waals surface area contributed by atoms with Crippen molar-refractivity contribution in [2.45, 2.75) is 18.9 Å². The molecule has 1 unspecified atom stereocenters. The van der Waals surface area contributed by atoms with E-state index < -0.39 is 29.7 Å². The van der Waals surface area contributed by atoms with Gasteiger partial charge in [0.1, 0.15) is 6.04 Å². The number of likely N-dealkylation sites (N-methyl/N-ethyl adjacent to an activating group) is 1. The lowest BCUT2D eigenvalue weighted by Crippen LogP contribution is -2.54. The maximum atomic E-state index is 13.1. The van der Waals surface area contributed by atoms with Gasteiger partial charge in [-0.1, -0.05) is 6.07 Å². The molecule has 3 aliphatic heterocycles. The molecule has 4 rings (SSSR count). The van der Waals surface area contributed by atoms with Crippen LogP contribution in [-0.4, -0.2) is 72.1 Å². The number of piperidine rings is 1. The lowest BCUT2D eigenvalue weighted by Gasteiger charge is -2.34. The molecule has 1 atom stereocenters. The topological polar surface area (TPSA) is 107 Å². The summed E-state index contributed by atoms with van der Waals surface area (Å²) in [6.45, 7) is 1.17. The fraction of sp³-hybridized carbons (Fsp3) is 0.389. The van der Waals surface area contributed by atoms with Crippen LogP contribution in [0.4, 0.5) is 5.69 Å². The average Bonchev–Trinajstić information content (AvgIpc) is 2.89. The van der Waals surface area contributed by atoms with Crippen molar-refractivity contribution in [2.24, 2.45) is 0 Å². The minimum absolute atomic E-state index is 0.0716. The number of hydrogen-bond donors (Lipinski definition) is 1. The van der Waals surface area contributed by atoms with E-state index in [0.29, 0.717) is 18.8 Å². The van der Waals surface area contributed by atoms with Crippen molar-refractivity contribution >= 4 is 35.2 Å². The molecule has 9 nitrogen and oxygen atoms in total. The van der Waals surface area contributed by atoms with Gasteiger partial charge in [-0.25, -0.2) is 0 Å². The van der Waals surface area contributed by atoms with E-state index in [4.69, 9.17) is 0 Å². The van der Waals surface area contributed by atoms with Crippen molar-refractivity contribution in [1.82, 2.24) is 15.1 Å². The van der Waals surface area contributed by atoms with Crippen molar-refractivity contribution in [1.29, 1.82) is 0 Å². The van der Waals surface area contributed by atoms with E-state index >= 15 is 0 Å². The largest absolute Gasteiger partial charge is 0.360 e. The third-order valence-electron chi connectivity index (χ3n) is 5.24. The molecule has 0 aliphatic carbocycles. The van der Waals surface area contributed by atoms with E-state index in [0.717, 1.165) is 4.90 Å². The van der Waals surface area contributed by atoms with E-state index in [1.807, 2.05) is 0 Å². The van der Waals surface area contributed by atoms with Crippen LogP contribution in [0, 0.1) is 0 Å². The highest BCUT2D eigenvalue weighted by atomic mass is 16.2. The monoisotopic (exact) mass is 370 g/mol. The highest BCUT2D eigenvalue weighted by molar-refractivity contribution is 6.25. The van der Waals surface area contributed by atoms with E-state index in [9.17, 15) is 24.0 Å². The first-order valence-corrected chi connectivity index (χ1v) is 8.72. The fourth-order valence-electron chi connectivity index (χ4n) is 3.72. The molecule has 1 aromatic rings. The molecule has 27 heavy (non-hydrogen) atoms. The maximum Gasteiger partial charge on any atom is 0.264 e. The van der Waals surface area contributed by atoms with Crippen molar-refractivity contribution in [3.63, 3.8) is 0 Å². The van der Waals surface area contributed by atoms with E-state index in [-0.39, 0.29) is 36.4 Å². The Labute approximate surface area is 154 Å². The summed E-state index contributed by atoms with van der Waals surface area (Å²) < 4.78 is 0. The molecule has 0 radical (unpaired) electrons. The molecule has 0 aromatic heterocycles. The van der Waals surface area contributed by atoms with Crippen LogP contribution < -0.4 is 10.2 Å². The molecule has 0 bridgehead atoms. The van der Waals surface area contributed by atoms with Crippen molar-refractivity contribution in [3.8, 4) is 0 Å². The normalized spacial score (nSPS) is 23.1. The number of nitrogens with zero attached hydrogens (tertiary/aromatic N) is 3. The summed E-state index contributed by atoms with van der Waals surface area (Å²) in [5.74, 6) is -2.24. The van der Waals surface area contributed by atoms with Gasteiger partial charge in [0, 0.05) is 26.6 Å². The molecule has 0 spiro atoms. The minimum Gasteiger partial charge on any atom is -0.360 e. The van der Waals surface area contributed by atoms with Gasteiger partial charge in [-0.2, -0.15) is 0 Å². The molecular formula is C18H18N4O5. The molecule has 0 saturated carbocycles. The van der Waals surface area contributed by atoms with Gasteiger partial charge in [0.2, 0.25) is 17.7 Å². The first kappa shape index (κ1) is 17.2. The Bertz CT molecular complexity index is 896. The van der Waals surface area contributed by atoms with Gasteiger partial charge in [-0.05, 0) is 18.6 Å². The Morgan fingerprint density at radius 1 is 1.04 bits per heavy atom. The number of anilines is 1. The lowest BCUT2D eigenvalue weighted by molar-refractivity contribution is -0.136. The quantitative estimate of drug-likeness (QED) is 0.695. The van der Waals surface area contributed by atoms with Gasteiger partial charge < -0.3 is 9.80 Å². The maximum absolute atomic E-state index is 13.1. The van der Waals surface area contributed by atoms with Crippen LogP contribution in [0.5, 0.6) is 0 Å². The van der Waals surface area contributed by atoms with Crippen LogP contribution in [0.15, 0.2) is 18.2 Å². The summed E-state index contributed by atoms with van der Waals surface area (Å²) >= 11 is 0. The molecule has 9 heteroatoms. The summed E-state index contributed by atoms with van der Waals surface area (Å²) in [5, 5.41) is 2.18. The predicted octanol–water partition coefficient (Wildman–Crippen LogP) is -0.634. The number of rotatable bonds is 2. The minimum atomic E-state index is -1.00. The zero-order chi connectivity index (χ0) is 19.3. The Balaban J connectivity index is 1.69. The lowest BCUT2D eigenvalue weighted by atomic mass is 10.0. The second-order valence-corrected chi connectivity index (χ2v) is 6.88. The Kier molecular flexibility index (Phi) is 3.94. The highest BCUT2D eigenvalue weighted by Crippen LogP contribution is 2.34. The molecule has 2 saturated heterocycles. The van der Waals surface area contributed by atoms with Gasteiger partial charge in [-0.3, -0.25) is 34.2 Å². The molecule has 2 fully saturated rings. The number of carbonyl (C=O) groups excluding carboxylic acids is 5. The Morgan fingerprint density at radius 3 is 2.52 bits per heavy atom. The third-order valence-corrected chi connectivity index (χ3v) is 5.24. The van der Waals surface area contributed by atoms with Crippen LogP contribution in [-0.2, 0) is 14.4 Å². The van der Waals surface area contributed by atoms with Gasteiger partial charge in [0.25, 0.3) is 11.8 Å². The van der Waals surface area contributed by atoms with Crippen molar-refractivity contribution in [2.75, 3.05) is 31.6 Å². The standard InChI is InChI=1S/C18H18N4O5/c1-20-7-8-21(9-14(20)24)11-4-2-3-10-15(11)18(27)22(17(10)26)12-5-6-13(23)19-16(12)25/h2-4,12H,5-9H2,1H3,(H,19,23,25). The van der Waals surface area contributed by atoms with E-state index in [1.54, 1.807) is 35.0 Å². The number of piperazine rings is 1. The van der Waals surface area contributed by atoms with Gasteiger partial charge in [0.15, 0.2) is 0 Å². The smallest absolute Gasteiger partial charge is 0.264 e. The van der Waals surface area contributed by atoms with E-state index in [2.05, 4.69) is 5.32 Å². The van der Waals surface area contributed by atoms with Crippen LogP contribution in [0.2, 0.25) is 0 Å². The summed E-state index contributed by atoms with van der Waals surface area (Å²) in [5.41, 5.74) is 0.945. The molecule has 3 heterocycles. The zero-order valence-electron chi connectivity index (χ0n) is 14.7. The molecule has 1 aromatic carbocycles. The third kappa shape index (κ3) is 2.66. The first-order valence-electron chi connectivity index (χ1n) is 8.72. The molecule has 1 N–H and O–H groups in total. The van der Waals surface area contributed by atoms with Crippen LogP contribution in [0.25, 0.3) is 0 Å². The predicted molar refractivity (Wildman–Crippen MR) is 93.0 cm³/mol. The summed E-state index contributed by atoms with van der Waals surface area (Å²) in [4.78, 5) is 65.8. The van der Waals surface area contributed by atoms with Crippen LogP contribution >= 0.6 is 0 Å². The molecule has 3 aliphatic rings. The second kappa shape index (κ2) is 6.19. The molecule has 140 valence electrons. The summed E-state index contributed by atoms with van der Waals surface area (Å²) in [6.07, 6.45) is 0.183. The van der Waals surface area contributed by atoms with Gasteiger partial charge >= 0.3 is 0 Å². The number of benzene rings is 1. The van der Waals surface area contributed by atoms with Crippen LogP contribution in [0.3, 0.4) is 0 Å². The molecular weight excluding hydrogens is 352 g/mol. The number of amides is 5. The zero-order valence-corrected chi connectivity index (χ0v) is 14.7. The van der Waals surface area contributed by atoms with Gasteiger partial charge in [-0.15, -0.1) is 0 Å². The Hall–Kier alpha value is -3.23. The number of imide groups is 2. The number of nitrogens with one attached hydrogen (secondary N) is 1. The van der Waals surface area contributed by atoms with Crippen molar-refractivity contribution < 1.29 is 24.0 Å². The van der Waals surface area contributed by atoms with E-state index in [1.165, 1.54) is 0 Å². The molecule has 5 amide bonds. The average molecular weight is 370 g/mol. The number of fused-ring (bicyclic) bond motifs is 1. The van der Waals surface area contributed by atoms with Crippen molar-refractivity contribution in [3.05, 3.63) is 29.3 Å². The van der Waals surface area contributed by atoms with Crippen LogP contribution in [0.1, 0.15) is 33.6 Å². The Morgan fingerprint density at radius 2 is 1.81 bits per heavy atom. The fourth-order valence-corrected chi connectivity index (χ4v) is 3.72. The first-order chi connectivity index (χ1) is 12.9. The summed E-state index contributed by atoms with van der Waals surface area (Å²) in [6, 6.07) is 3.91. The number of carbonyl (C=O) groups is 5. The number of hydrogen-bond acceptors (Lipinski definition) is 6. The van der Waals surface area contributed by atoms with Gasteiger partial charge in [0.05, 0.1) is 23.4 Å². The SMILES string of the molecule is CN1CCN(c2cccc3c2C(=O)N(C2CCC(=O)NC2=O)C3=O)CC1=O. The summed E-state index contributed by atoms with van der Waals surface area (Å²) in [7, 11) is 1.72. The highest BCUT2D eigenvalue weighted by Gasteiger charge is 2.46.